The third kappa shape index (κ3) is 4.92. The normalized spacial score (nSPS) is 19.1. The Morgan fingerprint density at radius 3 is 2.49 bits per heavy atom. The molecule has 2 aliphatic heterocycles. The molecule has 8 heteroatoms. The molecule has 1 N–H and O–H groups in total. The van der Waals surface area contributed by atoms with Crippen LogP contribution < -0.4 is 5.32 Å². The molecule has 3 heterocycles. The second-order valence-electron chi connectivity index (χ2n) is 9.59. The van der Waals surface area contributed by atoms with Crippen LogP contribution in [0.15, 0.2) is 54.9 Å². The first-order valence-corrected chi connectivity index (χ1v) is 12.3. The average molecular weight is 474 g/mol. The van der Waals surface area contributed by atoms with Crippen molar-refractivity contribution in [3.05, 3.63) is 66.0 Å². The summed E-state index contributed by atoms with van der Waals surface area (Å²) >= 11 is 0. The van der Waals surface area contributed by atoms with Crippen LogP contribution in [0.5, 0.6) is 0 Å². The van der Waals surface area contributed by atoms with Crippen LogP contribution in [0.25, 0.3) is 10.8 Å². The first-order chi connectivity index (χ1) is 17.0. The van der Waals surface area contributed by atoms with Gasteiger partial charge in [0.15, 0.2) is 0 Å². The molecule has 2 fully saturated rings. The number of fused-ring (bicyclic) bond motifs is 1. The summed E-state index contributed by atoms with van der Waals surface area (Å²) in [4.78, 5) is 42.8. The number of carbonyl (C=O) groups is 3. The second kappa shape index (κ2) is 9.90. The number of piperidine rings is 2. The lowest BCUT2D eigenvalue weighted by Crippen LogP contribution is -2.51. The summed E-state index contributed by atoms with van der Waals surface area (Å²) < 4.78 is 1.61. The molecule has 182 valence electrons. The number of hydrogen-bond acceptors (Lipinski definition) is 4. The van der Waals surface area contributed by atoms with E-state index in [1.165, 1.54) is 0 Å². The van der Waals surface area contributed by atoms with Gasteiger partial charge in [0.25, 0.3) is 11.8 Å². The maximum atomic E-state index is 13.4. The maximum absolute atomic E-state index is 13.4. The molecule has 3 aromatic rings. The standard InChI is InChI=1S/C27H31N5O3/c1-30-17-21(16-28-30)25(33)29-22-11-14-31(15-12-22)26(34)20-8-5-13-32(18-20)27(35)24-10-4-7-19-6-2-3-9-23(19)24/h2-4,6-7,9-10,16-17,20,22H,5,8,11-15,18H2,1H3,(H,29,33). The molecule has 0 spiro atoms. The summed E-state index contributed by atoms with van der Waals surface area (Å²) in [5, 5.41) is 9.10. The summed E-state index contributed by atoms with van der Waals surface area (Å²) in [5.41, 5.74) is 1.24. The van der Waals surface area contributed by atoms with Gasteiger partial charge in [-0.25, -0.2) is 0 Å². The van der Waals surface area contributed by atoms with E-state index in [0.29, 0.717) is 37.3 Å². The minimum atomic E-state index is -0.177. The topological polar surface area (TPSA) is 87.5 Å². The first-order valence-electron chi connectivity index (χ1n) is 12.3. The molecule has 35 heavy (non-hydrogen) atoms. The smallest absolute Gasteiger partial charge is 0.254 e. The van der Waals surface area contributed by atoms with Gasteiger partial charge in [0, 0.05) is 51.0 Å². The van der Waals surface area contributed by atoms with Gasteiger partial charge in [-0.2, -0.15) is 5.10 Å². The fourth-order valence-electron chi connectivity index (χ4n) is 5.26. The van der Waals surface area contributed by atoms with Gasteiger partial charge < -0.3 is 15.1 Å². The third-order valence-electron chi connectivity index (χ3n) is 7.19. The molecule has 3 amide bonds. The highest BCUT2D eigenvalue weighted by atomic mass is 16.2. The number of nitrogens with zero attached hydrogens (tertiary/aromatic N) is 4. The minimum Gasteiger partial charge on any atom is -0.349 e. The Balaban J connectivity index is 1.17. The average Bonchev–Trinajstić information content (AvgIpc) is 3.34. The molecule has 2 aromatic carbocycles. The highest BCUT2D eigenvalue weighted by Crippen LogP contribution is 2.25. The Morgan fingerprint density at radius 1 is 0.943 bits per heavy atom. The zero-order valence-corrected chi connectivity index (χ0v) is 20.0. The van der Waals surface area contributed by atoms with Crippen molar-refractivity contribution in [1.29, 1.82) is 0 Å². The number of hydrogen-bond donors (Lipinski definition) is 1. The van der Waals surface area contributed by atoms with Crippen molar-refractivity contribution in [2.24, 2.45) is 13.0 Å². The van der Waals surface area contributed by atoms with Gasteiger partial charge in [-0.3, -0.25) is 19.1 Å². The molecule has 1 unspecified atom stereocenters. The second-order valence-corrected chi connectivity index (χ2v) is 9.59. The van der Waals surface area contributed by atoms with Gasteiger partial charge >= 0.3 is 0 Å². The van der Waals surface area contributed by atoms with Gasteiger partial charge in [0.1, 0.15) is 0 Å². The van der Waals surface area contributed by atoms with Gasteiger partial charge in [0.2, 0.25) is 5.91 Å². The zero-order chi connectivity index (χ0) is 24.4. The predicted octanol–water partition coefficient (Wildman–Crippen LogP) is 2.85. The number of likely N-dealkylation sites (tertiary alicyclic amines) is 2. The van der Waals surface area contributed by atoms with Crippen LogP contribution in [0.1, 0.15) is 46.4 Å². The van der Waals surface area contributed by atoms with E-state index < -0.39 is 0 Å². The highest BCUT2D eigenvalue weighted by Gasteiger charge is 2.33. The monoisotopic (exact) mass is 473 g/mol. The van der Waals surface area contributed by atoms with E-state index in [9.17, 15) is 14.4 Å². The molecule has 5 rings (SSSR count). The number of nitrogens with one attached hydrogen (secondary N) is 1. The van der Waals surface area contributed by atoms with Crippen molar-refractivity contribution in [2.45, 2.75) is 31.7 Å². The van der Waals surface area contributed by atoms with Crippen molar-refractivity contribution in [3.8, 4) is 0 Å². The summed E-state index contributed by atoms with van der Waals surface area (Å²) in [6.07, 6.45) is 6.33. The summed E-state index contributed by atoms with van der Waals surface area (Å²) in [6, 6.07) is 13.8. The van der Waals surface area contributed by atoms with Crippen LogP contribution in [-0.4, -0.2) is 69.5 Å². The van der Waals surface area contributed by atoms with Gasteiger partial charge in [-0.05, 0) is 42.5 Å². The van der Waals surface area contributed by atoms with E-state index in [0.717, 1.165) is 36.5 Å². The van der Waals surface area contributed by atoms with Crippen molar-refractivity contribution >= 4 is 28.5 Å². The van der Waals surface area contributed by atoms with E-state index in [-0.39, 0.29) is 29.7 Å². The van der Waals surface area contributed by atoms with Crippen LogP contribution in [0.3, 0.4) is 0 Å². The molecular formula is C27H31N5O3. The Labute approximate surface area is 204 Å². The maximum Gasteiger partial charge on any atom is 0.254 e. The molecule has 0 aliphatic carbocycles. The van der Waals surface area contributed by atoms with Crippen molar-refractivity contribution < 1.29 is 14.4 Å². The first kappa shape index (κ1) is 23.1. The largest absolute Gasteiger partial charge is 0.349 e. The molecule has 1 atom stereocenters. The number of carbonyl (C=O) groups excluding carboxylic acids is 3. The van der Waals surface area contributed by atoms with Crippen molar-refractivity contribution in [3.63, 3.8) is 0 Å². The lowest BCUT2D eigenvalue weighted by atomic mass is 9.94. The van der Waals surface area contributed by atoms with Gasteiger partial charge in [0.05, 0.1) is 17.7 Å². The van der Waals surface area contributed by atoms with E-state index in [1.54, 1.807) is 24.1 Å². The number of benzene rings is 2. The summed E-state index contributed by atoms with van der Waals surface area (Å²) in [5.74, 6) is -0.185. The lowest BCUT2D eigenvalue weighted by Gasteiger charge is -2.38. The molecule has 0 radical (unpaired) electrons. The fourth-order valence-corrected chi connectivity index (χ4v) is 5.26. The SMILES string of the molecule is Cn1cc(C(=O)NC2CCN(C(=O)C3CCCN(C(=O)c4cccc5ccccc45)C3)CC2)cn1. The van der Waals surface area contributed by atoms with Crippen LogP contribution in [0, 0.1) is 5.92 Å². The molecule has 0 saturated carbocycles. The van der Waals surface area contributed by atoms with Crippen LogP contribution in [0.4, 0.5) is 0 Å². The number of aryl methyl sites for hydroxylation is 1. The fraction of sp³-hybridized carbons (Fsp3) is 0.407. The van der Waals surface area contributed by atoms with E-state index in [4.69, 9.17) is 0 Å². The molecule has 2 saturated heterocycles. The molecule has 0 bridgehead atoms. The lowest BCUT2D eigenvalue weighted by molar-refractivity contribution is -0.138. The number of aromatic nitrogens is 2. The van der Waals surface area contributed by atoms with Crippen molar-refractivity contribution in [1.82, 2.24) is 24.9 Å². The third-order valence-corrected chi connectivity index (χ3v) is 7.19. The minimum absolute atomic E-state index is 0.00359. The van der Waals surface area contributed by atoms with Crippen LogP contribution in [-0.2, 0) is 11.8 Å². The molecular weight excluding hydrogens is 442 g/mol. The Hall–Kier alpha value is -3.68. The van der Waals surface area contributed by atoms with E-state index in [2.05, 4.69) is 10.4 Å². The Kier molecular flexibility index (Phi) is 6.53. The van der Waals surface area contributed by atoms with Crippen molar-refractivity contribution in [2.75, 3.05) is 26.2 Å². The van der Waals surface area contributed by atoms with Gasteiger partial charge in [-0.1, -0.05) is 36.4 Å². The van der Waals surface area contributed by atoms with E-state index >= 15 is 0 Å². The summed E-state index contributed by atoms with van der Waals surface area (Å²) in [7, 11) is 1.78. The quantitative estimate of drug-likeness (QED) is 0.631. The predicted molar refractivity (Wildman–Crippen MR) is 133 cm³/mol. The zero-order valence-electron chi connectivity index (χ0n) is 20.0. The molecule has 2 aliphatic rings. The van der Waals surface area contributed by atoms with E-state index in [1.807, 2.05) is 52.3 Å². The Morgan fingerprint density at radius 2 is 1.71 bits per heavy atom. The van der Waals surface area contributed by atoms with Crippen LogP contribution >= 0.6 is 0 Å². The number of amides is 3. The molecule has 1 aromatic heterocycles. The Bertz CT molecular complexity index is 1240. The van der Waals surface area contributed by atoms with Gasteiger partial charge in [-0.15, -0.1) is 0 Å². The highest BCUT2D eigenvalue weighted by molar-refractivity contribution is 6.07. The summed E-state index contributed by atoms with van der Waals surface area (Å²) in [6.45, 7) is 2.36. The number of rotatable bonds is 4. The molecule has 8 nitrogen and oxygen atoms in total. The van der Waals surface area contributed by atoms with Crippen LogP contribution in [0.2, 0.25) is 0 Å².